The molecule has 1 aromatic carbocycles. The maximum Gasteiger partial charge on any atom is 0.144 e. The van der Waals surface area contributed by atoms with Gasteiger partial charge in [-0.1, -0.05) is 0 Å². The quantitative estimate of drug-likeness (QED) is 0.443. The third-order valence-electron chi connectivity index (χ3n) is 1.35. The van der Waals surface area contributed by atoms with Crippen molar-refractivity contribution in [3.8, 4) is 5.75 Å². The summed E-state index contributed by atoms with van der Waals surface area (Å²) in [7, 11) is 0. The van der Waals surface area contributed by atoms with Crippen LogP contribution in [0.3, 0.4) is 0 Å². The highest BCUT2D eigenvalue weighted by molar-refractivity contribution is 5.60. The van der Waals surface area contributed by atoms with E-state index in [9.17, 15) is 0 Å². The van der Waals surface area contributed by atoms with Crippen molar-refractivity contribution < 1.29 is 4.74 Å². The molecule has 0 aliphatic rings. The minimum absolute atomic E-state index is 0.365. The van der Waals surface area contributed by atoms with Gasteiger partial charge in [0.1, 0.15) is 12.0 Å². The Morgan fingerprint density at radius 1 is 1.33 bits per heavy atom. The van der Waals surface area contributed by atoms with Gasteiger partial charge in [0.05, 0.1) is 5.69 Å². The Morgan fingerprint density at radius 3 is 2.50 bits per heavy atom. The van der Waals surface area contributed by atoms with Crippen molar-refractivity contribution in [2.45, 2.75) is 13.2 Å². The monoisotopic (exact) mass is 167 g/mol. The highest BCUT2D eigenvalue weighted by Gasteiger charge is 2.01. The number of nitrogen functional groups attached to an aromatic ring is 2. The second-order valence-electron chi connectivity index (χ2n) is 2.62. The molecule has 1 rings (SSSR count). The summed E-state index contributed by atoms with van der Waals surface area (Å²) in [5, 5.41) is 0. The second-order valence-corrected chi connectivity index (χ2v) is 2.62. The van der Waals surface area contributed by atoms with E-state index >= 15 is 0 Å². The molecule has 0 aliphatic carbocycles. The molecule has 0 bridgehead atoms. The normalized spacial score (nSPS) is 12.5. The summed E-state index contributed by atoms with van der Waals surface area (Å²) in [6.45, 7) is 1.73. The molecule has 0 aliphatic heterocycles. The predicted molar refractivity (Wildman–Crippen MR) is 49.5 cm³/mol. The van der Waals surface area contributed by atoms with Crippen LogP contribution in [0.25, 0.3) is 0 Å². The summed E-state index contributed by atoms with van der Waals surface area (Å²) in [6, 6.07) is 5.06. The molecule has 0 aromatic heterocycles. The summed E-state index contributed by atoms with van der Waals surface area (Å²) < 4.78 is 5.20. The van der Waals surface area contributed by atoms with Crippen LogP contribution >= 0.6 is 0 Å². The second kappa shape index (κ2) is 3.32. The first kappa shape index (κ1) is 8.67. The van der Waals surface area contributed by atoms with Gasteiger partial charge in [-0.25, -0.2) is 0 Å². The molecule has 0 spiro atoms. The molecule has 0 amide bonds. The fourth-order valence-corrected chi connectivity index (χ4v) is 0.875. The molecule has 0 heterocycles. The van der Waals surface area contributed by atoms with E-state index in [1.807, 2.05) is 0 Å². The molecule has 4 nitrogen and oxygen atoms in total. The van der Waals surface area contributed by atoms with Gasteiger partial charge in [0, 0.05) is 5.69 Å². The van der Waals surface area contributed by atoms with E-state index in [1.165, 1.54) is 0 Å². The molecule has 1 atom stereocenters. The van der Waals surface area contributed by atoms with Gasteiger partial charge in [0.2, 0.25) is 0 Å². The number of nitrogens with two attached hydrogens (primary N) is 3. The van der Waals surface area contributed by atoms with Crippen molar-refractivity contribution >= 4 is 11.4 Å². The summed E-state index contributed by atoms with van der Waals surface area (Å²) >= 11 is 0. The van der Waals surface area contributed by atoms with Gasteiger partial charge in [-0.3, -0.25) is 5.73 Å². The number of rotatable bonds is 2. The molecule has 0 radical (unpaired) electrons. The third kappa shape index (κ3) is 2.03. The number of anilines is 2. The Bertz CT molecular complexity index is 273. The Balaban J connectivity index is 2.86. The van der Waals surface area contributed by atoms with E-state index in [0.29, 0.717) is 17.1 Å². The summed E-state index contributed by atoms with van der Waals surface area (Å²) in [4.78, 5) is 0. The van der Waals surface area contributed by atoms with E-state index in [0.717, 1.165) is 0 Å². The summed E-state index contributed by atoms with van der Waals surface area (Å²) in [5.41, 5.74) is 17.6. The fraction of sp³-hybridized carbons (Fsp3) is 0.250. The minimum Gasteiger partial charge on any atom is -0.474 e. The average molecular weight is 167 g/mol. The number of ether oxygens (including phenoxy) is 1. The maximum atomic E-state index is 5.61. The topological polar surface area (TPSA) is 87.3 Å². The molecule has 12 heavy (non-hydrogen) atoms. The Hall–Kier alpha value is -1.42. The first-order valence-electron chi connectivity index (χ1n) is 3.67. The molecule has 4 heteroatoms. The van der Waals surface area contributed by atoms with Gasteiger partial charge < -0.3 is 16.2 Å². The molecular formula is C8H13N3O. The molecule has 6 N–H and O–H groups in total. The van der Waals surface area contributed by atoms with E-state index in [-0.39, 0.29) is 6.23 Å². The Kier molecular flexibility index (Phi) is 2.40. The standard InChI is InChI=1S/C8H13N3O/c1-5(9)12-8-3-2-6(10)4-7(8)11/h2-5H,9-11H2,1H3. The summed E-state index contributed by atoms with van der Waals surface area (Å²) in [6.07, 6.45) is -0.365. The molecule has 1 aromatic rings. The van der Waals surface area contributed by atoms with Crippen molar-refractivity contribution in [3.63, 3.8) is 0 Å². The zero-order chi connectivity index (χ0) is 9.14. The smallest absolute Gasteiger partial charge is 0.144 e. The number of hydrogen-bond acceptors (Lipinski definition) is 4. The van der Waals surface area contributed by atoms with Crippen molar-refractivity contribution in [1.82, 2.24) is 0 Å². The SMILES string of the molecule is CC(N)Oc1ccc(N)cc1N. The molecule has 0 saturated heterocycles. The number of hydrogen-bond donors (Lipinski definition) is 3. The lowest BCUT2D eigenvalue weighted by atomic mass is 10.2. The lowest BCUT2D eigenvalue weighted by Crippen LogP contribution is -2.22. The van der Waals surface area contributed by atoms with Gasteiger partial charge in [0.25, 0.3) is 0 Å². The maximum absolute atomic E-state index is 5.61. The zero-order valence-corrected chi connectivity index (χ0v) is 6.95. The van der Waals surface area contributed by atoms with Crippen molar-refractivity contribution in [2.75, 3.05) is 11.5 Å². The lowest BCUT2D eigenvalue weighted by molar-refractivity contribution is 0.231. The van der Waals surface area contributed by atoms with E-state index in [4.69, 9.17) is 21.9 Å². The van der Waals surface area contributed by atoms with Crippen LogP contribution in [-0.2, 0) is 0 Å². The van der Waals surface area contributed by atoms with Crippen LogP contribution in [0.4, 0.5) is 11.4 Å². The highest BCUT2D eigenvalue weighted by atomic mass is 16.5. The fourth-order valence-electron chi connectivity index (χ4n) is 0.875. The zero-order valence-electron chi connectivity index (χ0n) is 6.95. The predicted octanol–water partition coefficient (Wildman–Crippen LogP) is 0.534. The molecule has 0 saturated carbocycles. The highest BCUT2D eigenvalue weighted by Crippen LogP contribution is 2.23. The number of benzene rings is 1. The van der Waals surface area contributed by atoms with Gasteiger partial charge in [-0.15, -0.1) is 0 Å². The third-order valence-corrected chi connectivity index (χ3v) is 1.35. The minimum atomic E-state index is -0.365. The van der Waals surface area contributed by atoms with Crippen molar-refractivity contribution in [2.24, 2.45) is 5.73 Å². The molecule has 66 valence electrons. The van der Waals surface area contributed by atoms with E-state index < -0.39 is 0 Å². The van der Waals surface area contributed by atoms with Crippen LogP contribution in [0.2, 0.25) is 0 Å². The van der Waals surface area contributed by atoms with Crippen molar-refractivity contribution in [3.05, 3.63) is 18.2 Å². The molecular weight excluding hydrogens is 154 g/mol. The van der Waals surface area contributed by atoms with Gasteiger partial charge in [-0.05, 0) is 25.1 Å². The first-order chi connectivity index (χ1) is 5.59. The summed E-state index contributed by atoms with van der Waals surface area (Å²) in [5.74, 6) is 0.569. The molecule has 0 fully saturated rings. The van der Waals surface area contributed by atoms with Gasteiger partial charge in [-0.2, -0.15) is 0 Å². The Labute approximate surface area is 71.3 Å². The van der Waals surface area contributed by atoms with E-state index in [2.05, 4.69) is 0 Å². The molecule has 1 unspecified atom stereocenters. The van der Waals surface area contributed by atoms with Gasteiger partial charge in [0.15, 0.2) is 0 Å². The van der Waals surface area contributed by atoms with Crippen LogP contribution in [0.5, 0.6) is 5.75 Å². The van der Waals surface area contributed by atoms with Crippen LogP contribution in [0, 0.1) is 0 Å². The first-order valence-corrected chi connectivity index (χ1v) is 3.67. The lowest BCUT2D eigenvalue weighted by Gasteiger charge is -2.11. The van der Waals surface area contributed by atoms with Crippen LogP contribution in [-0.4, -0.2) is 6.23 Å². The van der Waals surface area contributed by atoms with Crippen LogP contribution < -0.4 is 21.9 Å². The van der Waals surface area contributed by atoms with E-state index in [1.54, 1.807) is 25.1 Å². The van der Waals surface area contributed by atoms with Gasteiger partial charge >= 0.3 is 0 Å². The average Bonchev–Trinajstić information content (AvgIpc) is 1.94. The largest absolute Gasteiger partial charge is 0.474 e. The van der Waals surface area contributed by atoms with Crippen LogP contribution in [0.1, 0.15) is 6.92 Å². The van der Waals surface area contributed by atoms with Crippen molar-refractivity contribution in [1.29, 1.82) is 0 Å². The Morgan fingerprint density at radius 2 is 2.00 bits per heavy atom. The van der Waals surface area contributed by atoms with Crippen LogP contribution in [0.15, 0.2) is 18.2 Å².